The first-order valence-corrected chi connectivity index (χ1v) is 13.4. The Hall–Kier alpha value is -3.10. The molecular weight excluding hydrogens is 678 g/mol. The van der Waals surface area contributed by atoms with Crippen molar-refractivity contribution in [3.8, 4) is 17.6 Å². The molecule has 0 aromatic heterocycles. The number of hydrogen-bond acceptors (Lipinski definition) is 4. The average molecular weight is 700 g/mol. The Balaban J connectivity index is 1.59. The van der Waals surface area contributed by atoms with E-state index in [-0.39, 0.29) is 5.57 Å². The third kappa shape index (κ3) is 6.36. The molecule has 1 amide bonds. The molecule has 0 saturated heterocycles. The fraction of sp³-hybridized carbons (Fsp3) is 0.103. The molecule has 0 spiro atoms. The standard InChI is InChI=1S/C29H22I2N2O3/c1-2-35-27-15-19(13-22(17-32)29(34)33-24-11-6-10-23(30)16-24)14-26(31)28(27)36-18-21-9-5-8-20-7-3-4-12-25(20)21/h3-16H,2,18H2,1H3,(H,33,34)/b22-13+. The highest BCUT2D eigenvalue weighted by molar-refractivity contribution is 14.1. The van der Waals surface area contributed by atoms with E-state index in [0.717, 1.165) is 23.5 Å². The summed E-state index contributed by atoms with van der Waals surface area (Å²) in [6.07, 6.45) is 1.56. The second-order valence-corrected chi connectivity index (χ2v) is 10.2. The molecule has 0 fully saturated rings. The zero-order valence-electron chi connectivity index (χ0n) is 19.4. The normalized spacial score (nSPS) is 11.1. The van der Waals surface area contributed by atoms with Gasteiger partial charge in [0.25, 0.3) is 5.91 Å². The maximum absolute atomic E-state index is 12.7. The van der Waals surface area contributed by atoms with Crippen LogP contribution in [0.2, 0.25) is 0 Å². The highest BCUT2D eigenvalue weighted by atomic mass is 127. The number of nitrogens with one attached hydrogen (secondary N) is 1. The van der Waals surface area contributed by atoms with E-state index in [1.807, 2.05) is 55.5 Å². The van der Waals surface area contributed by atoms with Crippen LogP contribution in [0.4, 0.5) is 5.69 Å². The number of ether oxygens (including phenoxy) is 2. The summed E-state index contributed by atoms with van der Waals surface area (Å²) in [5.41, 5.74) is 2.38. The predicted molar refractivity (Wildman–Crippen MR) is 160 cm³/mol. The van der Waals surface area contributed by atoms with Gasteiger partial charge in [0.05, 0.1) is 10.2 Å². The summed E-state index contributed by atoms with van der Waals surface area (Å²) in [6, 6.07) is 27.4. The first kappa shape index (κ1) is 26.0. The van der Waals surface area contributed by atoms with Crippen LogP contribution in [0.5, 0.6) is 11.5 Å². The molecule has 7 heteroatoms. The van der Waals surface area contributed by atoms with Crippen molar-refractivity contribution < 1.29 is 14.3 Å². The highest BCUT2D eigenvalue weighted by Crippen LogP contribution is 2.36. The second-order valence-electron chi connectivity index (χ2n) is 7.82. The minimum Gasteiger partial charge on any atom is -0.490 e. The van der Waals surface area contributed by atoms with Gasteiger partial charge in [-0.15, -0.1) is 0 Å². The molecular formula is C29H22I2N2O3. The molecule has 0 radical (unpaired) electrons. The van der Waals surface area contributed by atoms with Gasteiger partial charge in [0.15, 0.2) is 11.5 Å². The first-order chi connectivity index (χ1) is 17.5. The molecule has 4 aromatic carbocycles. The third-order valence-corrected chi connectivity index (χ3v) is 6.81. The van der Waals surface area contributed by atoms with Gasteiger partial charge in [0, 0.05) is 9.26 Å². The number of anilines is 1. The monoisotopic (exact) mass is 700 g/mol. The summed E-state index contributed by atoms with van der Waals surface area (Å²) in [6.45, 7) is 2.74. The largest absolute Gasteiger partial charge is 0.490 e. The lowest BCUT2D eigenvalue weighted by molar-refractivity contribution is -0.112. The second kappa shape index (κ2) is 12.2. The van der Waals surface area contributed by atoms with Crippen LogP contribution in [0.3, 0.4) is 0 Å². The number of rotatable bonds is 8. The van der Waals surface area contributed by atoms with Crippen LogP contribution in [0.25, 0.3) is 16.8 Å². The van der Waals surface area contributed by atoms with Crippen LogP contribution in [0, 0.1) is 18.5 Å². The lowest BCUT2D eigenvalue weighted by Gasteiger charge is -2.16. The SMILES string of the molecule is CCOc1cc(/C=C(\C#N)C(=O)Nc2cccc(I)c2)cc(I)c1OCc1cccc2ccccc12. The molecule has 5 nitrogen and oxygen atoms in total. The summed E-state index contributed by atoms with van der Waals surface area (Å²) in [4.78, 5) is 12.7. The Morgan fingerprint density at radius 1 is 1.00 bits per heavy atom. The molecule has 0 aliphatic carbocycles. The number of fused-ring (bicyclic) bond motifs is 1. The maximum Gasteiger partial charge on any atom is 0.266 e. The summed E-state index contributed by atoms with van der Waals surface area (Å²) < 4.78 is 13.9. The lowest BCUT2D eigenvalue weighted by Crippen LogP contribution is -2.13. The van der Waals surface area contributed by atoms with Gasteiger partial charge >= 0.3 is 0 Å². The fourth-order valence-corrected chi connectivity index (χ4v) is 5.05. The summed E-state index contributed by atoms with van der Waals surface area (Å²) >= 11 is 4.36. The number of halogens is 2. The van der Waals surface area contributed by atoms with Gasteiger partial charge in [0.2, 0.25) is 0 Å². The van der Waals surface area contributed by atoms with Crippen molar-refractivity contribution in [2.24, 2.45) is 0 Å². The van der Waals surface area contributed by atoms with Crippen molar-refractivity contribution in [1.82, 2.24) is 0 Å². The number of benzene rings is 4. The van der Waals surface area contributed by atoms with E-state index in [4.69, 9.17) is 9.47 Å². The summed E-state index contributed by atoms with van der Waals surface area (Å²) in [5, 5.41) is 14.7. The smallest absolute Gasteiger partial charge is 0.266 e. The van der Waals surface area contributed by atoms with Gasteiger partial charge < -0.3 is 14.8 Å². The Morgan fingerprint density at radius 3 is 2.56 bits per heavy atom. The topological polar surface area (TPSA) is 71.3 Å². The van der Waals surface area contributed by atoms with Gasteiger partial charge in [-0.2, -0.15) is 5.26 Å². The fourth-order valence-electron chi connectivity index (χ4n) is 3.72. The zero-order valence-corrected chi connectivity index (χ0v) is 23.7. The molecule has 180 valence electrons. The predicted octanol–water partition coefficient (Wildman–Crippen LogP) is 7.57. The van der Waals surface area contributed by atoms with E-state index in [1.54, 1.807) is 18.2 Å². The summed E-state index contributed by atoms with van der Waals surface area (Å²) in [5.74, 6) is 0.722. The Labute approximate surface area is 237 Å². The molecule has 0 aliphatic heterocycles. The van der Waals surface area contributed by atoms with Crippen LogP contribution in [0.15, 0.2) is 84.4 Å². The van der Waals surface area contributed by atoms with Crippen molar-refractivity contribution in [2.75, 3.05) is 11.9 Å². The van der Waals surface area contributed by atoms with Crippen LogP contribution in [-0.4, -0.2) is 12.5 Å². The summed E-state index contributed by atoms with van der Waals surface area (Å²) in [7, 11) is 0. The highest BCUT2D eigenvalue weighted by Gasteiger charge is 2.15. The molecule has 0 aliphatic rings. The van der Waals surface area contributed by atoms with E-state index >= 15 is 0 Å². The molecule has 0 atom stereocenters. The minimum atomic E-state index is -0.469. The Kier molecular flexibility index (Phi) is 8.83. The number of nitrogens with zero attached hydrogens (tertiary/aromatic N) is 1. The number of hydrogen-bond donors (Lipinski definition) is 1. The van der Waals surface area contributed by atoms with Crippen LogP contribution < -0.4 is 14.8 Å². The van der Waals surface area contributed by atoms with Crippen LogP contribution in [0.1, 0.15) is 18.1 Å². The van der Waals surface area contributed by atoms with Gasteiger partial charge in [-0.1, -0.05) is 48.5 Å². The molecule has 0 unspecified atom stereocenters. The molecule has 0 heterocycles. The van der Waals surface area contributed by atoms with E-state index in [9.17, 15) is 10.1 Å². The number of carbonyl (C=O) groups is 1. The molecule has 0 bridgehead atoms. The number of amides is 1. The Bertz CT molecular complexity index is 1490. The van der Waals surface area contributed by atoms with Crippen LogP contribution >= 0.6 is 45.2 Å². The minimum absolute atomic E-state index is 0.00321. The molecule has 36 heavy (non-hydrogen) atoms. The van der Waals surface area contributed by atoms with Crippen molar-refractivity contribution >= 4 is 73.6 Å². The van der Waals surface area contributed by atoms with Gasteiger partial charge in [-0.05, 0) is 110 Å². The van der Waals surface area contributed by atoms with Gasteiger partial charge in [-0.3, -0.25) is 4.79 Å². The van der Waals surface area contributed by atoms with E-state index in [0.29, 0.717) is 36.0 Å². The quantitative estimate of drug-likeness (QED) is 0.117. The molecule has 0 saturated carbocycles. The molecule has 4 aromatic rings. The Morgan fingerprint density at radius 2 is 1.78 bits per heavy atom. The maximum atomic E-state index is 12.7. The van der Waals surface area contributed by atoms with Crippen molar-refractivity contribution in [3.05, 3.63) is 103 Å². The van der Waals surface area contributed by atoms with Crippen molar-refractivity contribution in [1.29, 1.82) is 5.26 Å². The molecule has 1 N–H and O–H groups in total. The zero-order chi connectivity index (χ0) is 25.5. The van der Waals surface area contributed by atoms with E-state index < -0.39 is 5.91 Å². The van der Waals surface area contributed by atoms with Crippen molar-refractivity contribution in [3.63, 3.8) is 0 Å². The molecule has 4 rings (SSSR count). The van der Waals surface area contributed by atoms with Gasteiger partial charge in [0.1, 0.15) is 18.2 Å². The third-order valence-electron chi connectivity index (χ3n) is 5.34. The average Bonchev–Trinajstić information content (AvgIpc) is 2.87. The lowest BCUT2D eigenvalue weighted by atomic mass is 10.1. The van der Waals surface area contributed by atoms with E-state index in [1.165, 1.54) is 0 Å². The van der Waals surface area contributed by atoms with Gasteiger partial charge in [-0.25, -0.2) is 0 Å². The van der Waals surface area contributed by atoms with Crippen molar-refractivity contribution in [2.45, 2.75) is 13.5 Å². The van der Waals surface area contributed by atoms with E-state index in [2.05, 4.69) is 74.8 Å². The van der Waals surface area contributed by atoms with Crippen LogP contribution in [-0.2, 0) is 11.4 Å². The number of carbonyl (C=O) groups excluding carboxylic acids is 1. The number of nitriles is 1. The first-order valence-electron chi connectivity index (χ1n) is 11.2.